The predicted molar refractivity (Wildman–Crippen MR) is 101 cm³/mol. The molecule has 125 valence electrons. The van der Waals surface area contributed by atoms with Gasteiger partial charge in [0.15, 0.2) is 0 Å². The first-order valence-corrected chi connectivity index (χ1v) is 10.7. The van der Waals surface area contributed by atoms with Crippen LogP contribution in [0.25, 0.3) is 0 Å². The molecule has 3 radical (unpaired) electrons. The van der Waals surface area contributed by atoms with Crippen LogP contribution in [0, 0.1) is 24.7 Å². The van der Waals surface area contributed by atoms with Crippen LogP contribution in [0.3, 0.4) is 0 Å². The van der Waals surface area contributed by atoms with Gasteiger partial charge in [-0.2, -0.15) is 0 Å². The molecular formula is C22H33Si. The van der Waals surface area contributed by atoms with Gasteiger partial charge < -0.3 is 0 Å². The Morgan fingerprint density at radius 3 is 1.74 bits per heavy atom. The van der Waals surface area contributed by atoms with Gasteiger partial charge in [-0.1, -0.05) is 74.4 Å². The molecule has 0 atom stereocenters. The van der Waals surface area contributed by atoms with Crippen molar-refractivity contribution in [1.29, 1.82) is 0 Å². The standard InChI is InChI=1S/C22H33Si/c1-17-2-12-21(13-3-17)22-14-10-19(11-15-22)5-4-18-6-8-20(16-23)9-7-18/h2-3,12-13,18-20,22H,4-11,14-16H2,1H3. The number of hydrogen-bond acceptors (Lipinski definition) is 0. The van der Waals surface area contributed by atoms with Crippen molar-refractivity contribution in [2.24, 2.45) is 17.8 Å². The molecule has 2 saturated carbocycles. The topological polar surface area (TPSA) is 0 Å². The monoisotopic (exact) mass is 325 g/mol. The lowest BCUT2D eigenvalue weighted by Crippen LogP contribution is -2.17. The highest BCUT2D eigenvalue weighted by Crippen LogP contribution is 2.40. The van der Waals surface area contributed by atoms with Gasteiger partial charge >= 0.3 is 0 Å². The van der Waals surface area contributed by atoms with E-state index in [4.69, 9.17) is 0 Å². The summed E-state index contributed by atoms with van der Waals surface area (Å²) in [6.07, 6.45) is 14.7. The molecule has 1 aromatic carbocycles. The summed E-state index contributed by atoms with van der Waals surface area (Å²) in [7, 11) is 3.71. The van der Waals surface area contributed by atoms with Gasteiger partial charge in [-0.25, -0.2) is 0 Å². The zero-order valence-electron chi connectivity index (χ0n) is 14.9. The normalized spacial score (nSPS) is 31.9. The fourth-order valence-corrected chi connectivity index (χ4v) is 5.23. The second-order valence-corrected chi connectivity index (χ2v) is 8.70. The van der Waals surface area contributed by atoms with Crippen LogP contribution < -0.4 is 0 Å². The average Bonchev–Trinajstić information content (AvgIpc) is 2.61. The third-order valence-corrected chi connectivity index (χ3v) is 7.21. The van der Waals surface area contributed by atoms with Gasteiger partial charge in [0.05, 0.1) is 0 Å². The van der Waals surface area contributed by atoms with Crippen LogP contribution in [0.5, 0.6) is 0 Å². The summed E-state index contributed by atoms with van der Waals surface area (Å²) in [4.78, 5) is 0. The van der Waals surface area contributed by atoms with Crippen LogP contribution in [-0.2, 0) is 0 Å². The fraction of sp³-hybridized carbons (Fsp3) is 0.727. The lowest BCUT2D eigenvalue weighted by Gasteiger charge is -2.32. The van der Waals surface area contributed by atoms with Gasteiger partial charge in [-0.3, -0.25) is 0 Å². The molecule has 1 heteroatoms. The summed E-state index contributed by atoms with van der Waals surface area (Å²) in [5.41, 5.74) is 2.97. The minimum atomic E-state index is 0.834. The summed E-state index contributed by atoms with van der Waals surface area (Å²) >= 11 is 0. The van der Waals surface area contributed by atoms with E-state index in [1.165, 1.54) is 75.8 Å². The fourth-order valence-electron chi connectivity index (χ4n) is 4.82. The lowest BCUT2D eigenvalue weighted by atomic mass is 9.74. The number of aryl methyl sites for hydroxylation is 1. The number of rotatable bonds is 5. The summed E-state index contributed by atoms with van der Waals surface area (Å²) in [6.45, 7) is 2.19. The molecule has 1 aromatic rings. The van der Waals surface area contributed by atoms with Crippen molar-refractivity contribution in [2.45, 2.75) is 83.1 Å². The van der Waals surface area contributed by atoms with E-state index in [2.05, 4.69) is 41.4 Å². The maximum Gasteiger partial charge on any atom is 0.0225 e. The third kappa shape index (κ3) is 4.95. The Morgan fingerprint density at radius 2 is 1.22 bits per heavy atom. The van der Waals surface area contributed by atoms with E-state index >= 15 is 0 Å². The zero-order valence-corrected chi connectivity index (χ0v) is 15.9. The van der Waals surface area contributed by atoms with Crippen molar-refractivity contribution in [3.63, 3.8) is 0 Å². The first-order chi connectivity index (χ1) is 11.2. The molecule has 2 fully saturated rings. The van der Waals surface area contributed by atoms with Crippen molar-refractivity contribution < 1.29 is 0 Å². The Labute approximate surface area is 146 Å². The third-order valence-electron chi connectivity index (χ3n) is 6.63. The molecule has 2 aliphatic carbocycles. The van der Waals surface area contributed by atoms with Crippen LogP contribution in [0.15, 0.2) is 24.3 Å². The van der Waals surface area contributed by atoms with Gasteiger partial charge in [0.2, 0.25) is 0 Å². The van der Waals surface area contributed by atoms with Gasteiger partial charge in [-0.15, -0.1) is 0 Å². The number of benzene rings is 1. The van der Waals surface area contributed by atoms with Crippen molar-refractivity contribution >= 4 is 10.2 Å². The highest BCUT2D eigenvalue weighted by Gasteiger charge is 2.24. The molecule has 0 N–H and O–H groups in total. The zero-order chi connectivity index (χ0) is 16.1. The van der Waals surface area contributed by atoms with E-state index in [0.717, 1.165) is 23.7 Å². The van der Waals surface area contributed by atoms with Crippen LogP contribution in [0.2, 0.25) is 6.04 Å². The highest BCUT2D eigenvalue weighted by molar-refractivity contribution is 6.08. The molecule has 2 aliphatic rings. The first kappa shape index (κ1) is 17.3. The molecule has 0 unspecified atom stereocenters. The maximum atomic E-state index is 3.71. The maximum absolute atomic E-state index is 3.71. The van der Waals surface area contributed by atoms with E-state index in [1.54, 1.807) is 5.56 Å². The van der Waals surface area contributed by atoms with Crippen LogP contribution in [-0.4, -0.2) is 10.2 Å². The van der Waals surface area contributed by atoms with Crippen molar-refractivity contribution in [3.8, 4) is 0 Å². The molecule has 0 amide bonds. The summed E-state index contributed by atoms with van der Waals surface area (Å²) in [6, 6.07) is 10.5. The van der Waals surface area contributed by atoms with Crippen LogP contribution in [0.1, 0.15) is 81.3 Å². The molecule has 23 heavy (non-hydrogen) atoms. The molecule has 0 spiro atoms. The summed E-state index contributed by atoms with van der Waals surface area (Å²) in [5, 5.41) is 0. The predicted octanol–water partition coefficient (Wildman–Crippen LogP) is 6.44. The summed E-state index contributed by atoms with van der Waals surface area (Å²) in [5.74, 6) is 3.86. The highest BCUT2D eigenvalue weighted by atomic mass is 28.1. The van der Waals surface area contributed by atoms with E-state index in [9.17, 15) is 0 Å². The van der Waals surface area contributed by atoms with Gasteiger partial charge in [0, 0.05) is 10.2 Å². The quantitative estimate of drug-likeness (QED) is 0.546. The second-order valence-electron chi connectivity index (χ2n) is 8.30. The molecule has 0 aromatic heterocycles. The Morgan fingerprint density at radius 1 is 0.739 bits per heavy atom. The first-order valence-electron chi connectivity index (χ1n) is 9.95. The molecule has 0 bridgehead atoms. The van der Waals surface area contributed by atoms with E-state index < -0.39 is 0 Å². The second kappa shape index (κ2) is 8.51. The van der Waals surface area contributed by atoms with Crippen molar-refractivity contribution in [2.75, 3.05) is 0 Å². The molecule has 0 heterocycles. The molecule has 3 rings (SSSR count). The van der Waals surface area contributed by atoms with Gasteiger partial charge in [-0.05, 0) is 61.8 Å². The van der Waals surface area contributed by atoms with Crippen LogP contribution in [0.4, 0.5) is 0 Å². The largest absolute Gasteiger partial charge is 0.0609 e. The van der Waals surface area contributed by atoms with Crippen molar-refractivity contribution in [1.82, 2.24) is 0 Å². The Kier molecular flexibility index (Phi) is 6.39. The van der Waals surface area contributed by atoms with E-state index in [1.807, 2.05) is 0 Å². The lowest BCUT2D eigenvalue weighted by molar-refractivity contribution is 0.238. The smallest absolute Gasteiger partial charge is 0.0225 e. The Balaban J connectivity index is 1.37. The minimum absolute atomic E-state index is 0.834. The summed E-state index contributed by atoms with van der Waals surface area (Å²) < 4.78 is 0. The van der Waals surface area contributed by atoms with Crippen molar-refractivity contribution in [3.05, 3.63) is 35.4 Å². The van der Waals surface area contributed by atoms with Crippen LogP contribution >= 0.6 is 0 Å². The van der Waals surface area contributed by atoms with Gasteiger partial charge in [0.25, 0.3) is 0 Å². The average molecular weight is 326 g/mol. The molecule has 0 aliphatic heterocycles. The SMILES string of the molecule is Cc1ccc(C2CCC(CCC3CCC(C[Si])CC3)CC2)cc1. The Hall–Kier alpha value is -0.563. The minimum Gasteiger partial charge on any atom is -0.0609 e. The molecular weight excluding hydrogens is 292 g/mol. The molecule has 0 nitrogen and oxygen atoms in total. The van der Waals surface area contributed by atoms with E-state index in [0.29, 0.717) is 0 Å². The number of hydrogen-bond donors (Lipinski definition) is 0. The van der Waals surface area contributed by atoms with E-state index in [-0.39, 0.29) is 0 Å². The molecule has 0 saturated heterocycles. The Bertz CT molecular complexity index is 447. The van der Waals surface area contributed by atoms with Gasteiger partial charge in [0.1, 0.15) is 0 Å².